The summed E-state index contributed by atoms with van der Waals surface area (Å²) < 4.78 is 22.1. The molecule has 0 amide bonds. The average Bonchev–Trinajstić information content (AvgIpc) is 2.91. The van der Waals surface area contributed by atoms with Gasteiger partial charge in [0.25, 0.3) is 0 Å². The molecule has 4 rings (SSSR count). The van der Waals surface area contributed by atoms with Gasteiger partial charge in [-0.05, 0) is 38.1 Å². The summed E-state index contributed by atoms with van der Waals surface area (Å²) in [6.07, 6.45) is 0.601. The van der Waals surface area contributed by atoms with E-state index in [1.165, 1.54) is 6.07 Å². The van der Waals surface area contributed by atoms with Crippen molar-refractivity contribution in [3.8, 4) is 11.5 Å². The normalized spacial score (nSPS) is 24.1. The lowest BCUT2D eigenvalue weighted by atomic mass is 9.91. The maximum Gasteiger partial charge on any atom is 0.336 e. The van der Waals surface area contributed by atoms with Gasteiger partial charge in [-0.25, -0.2) is 9.59 Å². The highest BCUT2D eigenvalue weighted by molar-refractivity contribution is 5.90. The Morgan fingerprint density at radius 1 is 1.19 bits per heavy atom. The van der Waals surface area contributed by atoms with Gasteiger partial charge in [0.15, 0.2) is 17.4 Å². The molecule has 0 saturated heterocycles. The first kappa shape index (κ1) is 16.7. The number of rotatable bonds is 3. The number of aliphatic hydroxyl groups is 1. The summed E-state index contributed by atoms with van der Waals surface area (Å²) in [6, 6.07) is 6.46. The van der Waals surface area contributed by atoms with Gasteiger partial charge in [0, 0.05) is 23.4 Å². The van der Waals surface area contributed by atoms with E-state index in [2.05, 4.69) is 0 Å². The SMILES string of the molecule is CC1=CC(CC(C)(O)C2COc3ccc4ccc(=O)oc4c3O2)OC1=O. The van der Waals surface area contributed by atoms with Gasteiger partial charge in [-0.3, -0.25) is 0 Å². The number of carbonyl (C=O) groups is 1. The molecule has 0 fully saturated rings. The van der Waals surface area contributed by atoms with Crippen LogP contribution in [0.5, 0.6) is 11.5 Å². The minimum Gasteiger partial charge on any atom is -0.486 e. The topological polar surface area (TPSA) is 95.2 Å². The van der Waals surface area contributed by atoms with Crippen LogP contribution in [-0.4, -0.2) is 35.5 Å². The largest absolute Gasteiger partial charge is 0.486 e. The molecular formula is C19H18O7. The molecule has 3 heterocycles. The van der Waals surface area contributed by atoms with Crippen LogP contribution in [0.25, 0.3) is 11.0 Å². The zero-order chi connectivity index (χ0) is 18.5. The highest BCUT2D eigenvalue weighted by Crippen LogP contribution is 2.40. The number of carbonyl (C=O) groups excluding carboxylic acids is 1. The maximum absolute atomic E-state index is 11.6. The Morgan fingerprint density at radius 3 is 2.69 bits per heavy atom. The fourth-order valence-electron chi connectivity index (χ4n) is 3.21. The molecule has 0 bridgehead atoms. The summed E-state index contributed by atoms with van der Waals surface area (Å²) in [6.45, 7) is 3.39. The van der Waals surface area contributed by atoms with Crippen molar-refractivity contribution in [2.24, 2.45) is 0 Å². The molecule has 26 heavy (non-hydrogen) atoms. The van der Waals surface area contributed by atoms with Gasteiger partial charge in [0.2, 0.25) is 5.75 Å². The summed E-state index contributed by atoms with van der Waals surface area (Å²) in [5.74, 6) is 0.346. The zero-order valence-corrected chi connectivity index (χ0v) is 14.4. The van der Waals surface area contributed by atoms with E-state index in [1.54, 1.807) is 38.1 Å². The molecule has 2 aromatic rings. The van der Waals surface area contributed by atoms with Crippen molar-refractivity contribution in [2.75, 3.05) is 6.61 Å². The Kier molecular flexibility index (Phi) is 3.77. The third kappa shape index (κ3) is 2.84. The van der Waals surface area contributed by atoms with E-state index in [1.807, 2.05) is 0 Å². The number of cyclic esters (lactones) is 1. The lowest BCUT2D eigenvalue weighted by Gasteiger charge is -2.37. The smallest absolute Gasteiger partial charge is 0.336 e. The van der Waals surface area contributed by atoms with Gasteiger partial charge >= 0.3 is 11.6 Å². The van der Waals surface area contributed by atoms with Gasteiger partial charge in [-0.2, -0.15) is 0 Å². The van der Waals surface area contributed by atoms with Crippen LogP contribution in [0.4, 0.5) is 0 Å². The number of benzene rings is 1. The Bertz CT molecular complexity index is 970. The van der Waals surface area contributed by atoms with Crippen LogP contribution in [0.1, 0.15) is 20.3 Å². The summed E-state index contributed by atoms with van der Waals surface area (Å²) in [5.41, 5.74) is -1.04. The van der Waals surface area contributed by atoms with E-state index in [4.69, 9.17) is 18.6 Å². The van der Waals surface area contributed by atoms with E-state index in [9.17, 15) is 14.7 Å². The predicted molar refractivity (Wildman–Crippen MR) is 91.3 cm³/mol. The third-order valence-electron chi connectivity index (χ3n) is 4.68. The lowest BCUT2D eigenvalue weighted by Crippen LogP contribution is -2.50. The molecule has 0 saturated carbocycles. The van der Waals surface area contributed by atoms with Crippen LogP contribution in [0.3, 0.4) is 0 Å². The standard InChI is InChI=1S/C19H18O7/c1-10-7-12(24-18(10)21)8-19(2,22)14-9-23-13-5-3-11-4-6-15(20)26-16(11)17(13)25-14/h3-7,12,14,22H,8-9H2,1-2H3. The Balaban J connectivity index is 1.62. The molecule has 3 atom stereocenters. The monoisotopic (exact) mass is 358 g/mol. The van der Waals surface area contributed by atoms with Crippen LogP contribution in [0.15, 0.2) is 45.1 Å². The molecule has 2 aliphatic heterocycles. The van der Waals surface area contributed by atoms with Crippen LogP contribution >= 0.6 is 0 Å². The van der Waals surface area contributed by atoms with E-state index >= 15 is 0 Å². The molecule has 7 nitrogen and oxygen atoms in total. The van der Waals surface area contributed by atoms with Gasteiger partial charge in [0.1, 0.15) is 18.3 Å². The molecule has 1 aromatic carbocycles. The molecule has 1 aromatic heterocycles. The molecule has 136 valence electrons. The molecule has 0 spiro atoms. The Hall–Kier alpha value is -2.80. The van der Waals surface area contributed by atoms with E-state index < -0.39 is 23.4 Å². The molecule has 1 N–H and O–H groups in total. The fourth-order valence-corrected chi connectivity index (χ4v) is 3.21. The van der Waals surface area contributed by atoms with Gasteiger partial charge < -0.3 is 23.7 Å². The van der Waals surface area contributed by atoms with Crippen LogP contribution < -0.4 is 15.1 Å². The number of ether oxygens (including phenoxy) is 3. The molecular weight excluding hydrogens is 340 g/mol. The van der Waals surface area contributed by atoms with Crippen molar-refractivity contribution >= 4 is 16.9 Å². The minimum atomic E-state index is -1.33. The average molecular weight is 358 g/mol. The first-order chi connectivity index (χ1) is 12.3. The molecule has 3 unspecified atom stereocenters. The lowest BCUT2D eigenvalue weighted by molar-refractivity contribution is -0.144. The van der Waals surface area contributed by atoms with E-state index in [-0.39, 0.29) is 30.3 Å². The number of hydrogen-bond acceptors (Lipinski definition) is 7. The first-order valence-corrected chi connectivity index (χ1v) is 8.31. The predicted octanol–water partition coefficient (Wildman–Crippen LogP) is 1.95. The highest BCUT2D eigenvalue weighted by Gasteiger charge is 2.41. The second-order valence-electron chi connectivity index (χ2n) is 6.84. The van der Waals surface area contributed by atoms with Crippen molar-refractivity contribution in [1.29, 1.82) is 0 Å². The van der Waals surface area contributed by atoms with Crippen molar-refractivity contribution in [2.45, 2.75) is 38.1 Å². The van der Waals surface area contributed by atoms with E-state index in [0.29, 0.717) is 16.7 Å². The summed E-state index contributed by atoms with van der Waals surface area (Å²) in [7, 11) is 0. The number of esters is 1. The van der Waals surface area contributed by atoms with E-state index in [0.717, 1.165) is 0 Å². The van der Waals surface area contributed by atoms with Gasteiger partial charge in [-0.15, -0.1) is 0 Å². The van der Waals surface area contributed by atoms with Gasteiger partial charge in [-0.1, -0.05) is 0 Å². The summed E-state index contributed by atoms with van der Waals surface area (Å²) in [5, 5.41) is 11.6. The second kappa shape index (κ2) is 5.88. The van der Waals surface area contributed by atoms with Crippen molar-refractivity contribution in [3.63, 3.8) is 0 Å². The number of fused-ring (bicyclic) bond motifs is 3. The quantitative estimate of drug-likeness (QED) is 0.662. The molecule has 0 radical (unpaired) electrons. The third-order valence-corrected chi connectivity index (χ3v) is 4.68. The fraction of sp³-hybridized carbons (Fsp3) is 0.368. The molecule has 7 heteroatoms. The van der Waals surface area contributed by atoms with Crippen LogP contribution in [0.2, 0.25) is 0 Å². The van der Waals surface area contributed by atoms with Crippen molar-refractivity contribution in [3.05, 3.63) is 46.3 Å². The summed E-state index contributed by atoms with van der Waals surface area (Å²) >= 11 is 0. The molecule has 0 aliphatic carbocycles. The zero-order valence-electron chi connectivity index (χ0n) is 14.4. The first-order valence-electron chi connectivity index (χ1n) is 8.31. The van der Waals surface area contributed by atoms with Crippen molar-refractivity contribution < 1.29 is 28.5 Å². The Labute approximate surface area is 148 Å². The highest BCUT2D eigenvalue weighted by atomic mass is 16.6. The maximum atomic E-state index is 11.6. The minimum absolute atomic E-state index is 0.117. The van der Waals surface area contributed by atoms with Crippen LogP contribution in [0, 0.1) is 0 Å². The van der Waals surface area contributed by atoms with Crippen LogP contribution in [-0.2, 0) is 9.53 Å². The van der Waals surface area contributed by atoms with Gasteiger partial charge in [0.05, 0.1) is 0 Å². The second-order valence-corrected chi connectivity index (χ2v) is 6.84. The summed E-state index contributed by atoms with van der Waals surface area (Å²) in [4.78, 5) is 23.1. The Morgan fingerprint density at radius 2 is 1.96 bits per heavy atom. The van der Waals surface area contributed by atoms with Crippen molar-refractivity contribution in [1.82, 2.24) is 0 Å². The molecule has 2 aliphatic rings. The number of hydrogen-bond donors (Lipinski definition) is 1.